The lowest BCUT2D eigenvalue weighted by Crippen LogP contribution is -2.58. The number of carbonyl (C=O) groups excluding carboxylic acids is 11. The third-order valence-corrected chi connectivity index (χ3v) is 10.6. The van der Waals surface area contributed by atoms with Gasteiger partial charge in [0.1, 0.15) is 30.8 Å². The van der Waals surface area contributed by atoms with Crippen molar-refractivity contribution >= 4 is 64.9 Å². The molecule has 2 fully saturated rings. The zero-order valence-corrected chi connectivity index (χ0v) is 36.8. The fraction of sp³-hybridized carbons (Fsp3) is 0.595. The Bertz CT molecular complexity index is 1910. The normalized spacial score (nSPS) is 26.2. The third kappa shape index (κ3) is 16.3. The fourth-order valence-corrected chi connectivity index (χ4v) is 6.76. The van der Waals surface area contributed by atoms with E-state index in [2.05, 4.69) is 37.2 Å². The van der Waals surface area contributed by atoms with Crippen LogP contribution >= 0.6 is 0 Å². The van der Waals surface area contributed by atoms with E-state index < -0.39 is 132 Å². The highest BCUT2D eigenvalue weighted by molar-refractivity contribution is 6.38. The number of ketones is 1. The van der Waals surface area contributed by atoms with Crippen molar-refractivity contribution in [2.45, 2.75) is 128 Å². The number of amides is 9. The number of benzene rings is 1. The number of cyclic esters (lactones) is 1. The summed E-state index contributed by atoms with van der Waals surface area (Å²) in [6.45, 7) is 4.51. The maximum absolute atomic E-state index is 14.0. The maximum Gasteiger partial charge on any atom is 0.331 e. The van der Waals surface area contributed by atoms with Gasteiger partial charge in [0, 0.05) is 25.4 Å². The van der Waals surface area contributed by atoms with Gasteiger partial charge in [0.2, 0.25) is 53.0 Å². The van der Waals surface area contributed by atoms with Gasteiger partial charge in [0.05, 0.1) is 24.6 Å². The summed E-state index contributed by atoms with van der Waals surface area (Å²) in [6.07, 6.45) is -0.644. The number of fused-ring (bicyclic) bond motifs is 1. The molecule has 0 aliphatic carbocycles. The molecule has 0 aromatic heterocycles. The SMILES string of the molecule is C[C@@H]1NC(=O)CNC(=O)CNC(=O)C(CCC(N)=O)NC(=O)C[C@@H](CCc2ccccc2)NC(=O)[C@@H]2CCCCN2C(=O)C(=O)C(C)(C)COC(=O)[C@H]([C@@H](C)O)NC(=O)[C@H](C)NC1=O. The number of rotatable bonds is 7. The smallest absolute Gasteiger partial charge is 0.331 e. The Labute approximate surface area is 370 Å². The number of piperidine rings is 1. The first-order valence-electron chi connectivity index (χ1n) is 21.2. The first-order valence-corrected chi connectivity index (χ1v) is 21.2. The average Bonchev–Trinajstić information content (AvgIpc) is 3.25. The van der Waals surface area contributed by atoms with E-state index in [1.807, 2.05) is 30.3 Å². The van der Waals surface area contributed by atoms with Crippen LogP contribution in [0.1, 0.15) is 85.1 Å². The van der Waals surface area contributed by atoms with Gasteiger partial charge in [-0.15, -0.1) is 0 Å². The topological polar surface area (TPSA) is 331 Å². The van der Waals surface area contributed by atoms with Crippen LogP contribution in [0.15, 0.2) is 30.3 Å². The van der Waals surface area contributed by atoms with Crippen LogP contribution in [0.2, 0.25) is 0 Å². The Kier molecular flexibility index (Phi) is 19.8. The molecule has 2 saturated heterocycles. The summed E-state index contributed by atoms with van der Waals surface area (Å²) in [4.78, 5) is 145. The lowest BCUT2D eigenvalue weighted by Gasteiger charge is -2.36. The van der Waals surface area contributed by atoms with Crippen LogP contribution in [0, 0.1) is 5.41 Å². The van der Waals surface area contributed by atoms with Crippen LogP contribution in [-0.4, -0.2) is 144 Å². The summed E-state index contributed by atoms with van der Waals surface area (Å²) in [5.41, 5.74) is 4.55. The number of nitrogens with zero attached hydrogens (tertiary/aromatic N) is 1. The molecule has 2 aliphatic rings. The first-order chi connectivity index (χ1) is 30.1. The predicted octanol–water partition coefficient (Wildman–Crippen LogP) is -3.11. The van der Waals surface area contributed by atoms with E-state index in [1.54, 1.807) is 0 Å². The van der Waals surface area contributed by atoms with E-state index >= 15 is 0 Å². The predicted molar refractivity (Wildman–Crippen MR) is 226 cm³/mol. The summed E-state index contributed by atoms with van der Waals surface area (Å²) in [7, 11) is 0. The minimum Gasteiger partial charge on any atom is -0.463 e. The van der Waals surface area contributed by atoms with E-state index in [0.29, 0.717) is 19.3 Å². The molecule has 1 aromatic rings. The number of hydrogen-bond acceptors (Lipinski definition) is 13. The zero-order valence-electron chi connectivity index (χ0n) is 36.8. The highest BCUT2D eigenvalue weighted by Crippen LogP contribution is 2.24. The van der Waals surface area contributed by atoms with Crippen LogP contribution in [0.3, 0.4) is 0 Å². The Hall–Kier alpha value is -6.45. The molecule has 0 spiro atoms. The number of carbonyl (C=O) groups is 11. The van der Waals surface area contributed by atoms with Gasteiger partial charge >= 0.3 is 5.97 Å². The van der Waals surface area contributed by atoms with Gasteiger partial charge in [-0.2, -0.15) is 0 Å². The molecule has 7 atom stereocenters. The van der Waals surface area contributed by atoms with Crippen molar-refractivity contribution in [2.75, 3.05) is 26.2 Å². The number of nitrogens with one attached hydrogen (secondary N) is 7. The second-order valence-corrected chi connectivity index (χ2v) is 16.6. The van der Waals surface area contributed by atoms with E-state index in [1.165, 1.54) is 34.6 Å². The molecule has 9 amide bonds. The van der Waals surface area contributed by atoms with Gasteiger partial charge in [0.15, 0.2) is 6.04 Å². The maximum atomic E-state index is 14.0. The quantitative estimate of drug-likeness (QED) is 0.0968. The Balaban J connectivity index is 1.93. The minimum atomic E-state index is -1.67. The number of primary amides is 1. The molecular weight excluding hydrogens is 839 g/mol. The number of hydrogen-bond donors (Lipinski definition) is 9. The number of aliphatic hydroxyl groups excluding tert-OH is 1. The standard InChI is InChI=1S/C42H61N9O13/c1-23-36(58)47-24(2)37(59)50-34(25(3)52)41(63)64-22-42(4,5)35(57)40(62)51-18-10-9-13-29(51)39(61)48-27(15-14-26-11-7-6-8-12-26)19-31(54)49-28(16-17-30(43)53)38(60)45-20-32(55)44-21-33(56)46-23/h6-8,11-12,23-25,27-29,34,52H,9-10,13-22H2,1-5H3,(H2,43,53)(H,44,55)(H,45,60)(H,46,56)(H,47,58)(H,48,61)(H,49,54)(H,50,59)/t23-,24-,25+,27+,28?,29-,34-/m0/s1. The molecule has 1 unspecified atom stereocenters. The fourth-order valence-electron chi connectivity index (χ4n) is 6.76. The summed E-state index contributed by atoms with van der Waals surface area (Å²) in [5, 5.41) is 27.3. The molecule has 64 heavy (non-hydrogen) atoms. The molecule has 3 rings (SSSR count). The van der Waals surface area contributed by atoms with Crippen LogP contribution in [-0.2, 0) is 63.9 Å². The molecule has 10 N–H and O–H groups in total. The summed E-state index contributed by atoms with van der Waals surface area (Å²) < 4.78 is 5.34. The van der Waals surface area contributed by atoms with Crippen molar-refractivity contribution in [3.8, 4) is 0 Å². The average molecular weight is 900 g/mol. The highest BCUT2D eigenvalue weighted by Gasteiger charge is 2.43. The van der Waals surface area contributed by atoms with Gasteiger partial charge in [0.25, 0.3) is 5.91 Å². The van der Waals surface area contributed by atoms with Crippen molar-refractivity contribution in [3.05, 3.63) is 35.9 Å². The van der Waals surface area contributed by atoms with Crippen LogP contribution in [0.25, 0.3) is 0 Å². The lowest BCUT2D eigenvalue weighted by molar-refractivity contribution is -0.160. The van der Waals surface area contributed by atoms with E-state index in [4.69, 9.17) is 10.5 Å². The van der Waals surface area contributed by atoms with Crippen molar-refractivity contribution in [2.24, 2.45) is 11.1 Å². The minimum absolute atomic E-state index is 0.0401. The molecule has 1 aromatic carbocycles. The molecular formula is C42H61N9O13. The van der Waals surface area contributed by atoms with Gasteiger partial charge in [-0.25, -0.2) is 4.79 Å². The number of aryl methyl sites for hydroxylation is 1. The highest BCUT2D eigenvalue weighted by atomic mass is 16.5. The van der Waals surface area contributed by atoms with Crippen molar-refractivity contribution in [3.63, 3.8) is 0 Å². The van der Waals surface area contributed by atoms with Gasteiger partial charge in [-0.1, -0.05) is 30.3 Å². The molecule has 22 heteroatoms. The van der Waals surface area contributed by atoms with Crippen LogP contribution in [0.4, 0.5) is 0 Å². The largest absolute Gasteiger partial charge is 0.463 e. The van der Waals surface area contributed by atoms with Gasteiger partial charge < -0.3 is 57.7 Å². The number of aliphatic hydroxyl groups is 1. The number of Topliss-reactive ketones (excluding diaryl/α,β-unsaturated/α-hetero) is 1. The van der Waals surface area contributed by atoms with Crippen LogP contribution < -0.4 is 43.0 Å². The van der Waals surface area contributed by atoms with Crippen molar-refractivity contribution in [1.82, 2.24) is 42.1 Å². The molecule has 352 valence electrons. The van der Waals surface area contributed by atoms with Crippen LogP contribution in [0.5, 0.6) is 0 Å². The van der Waals surface area contributed by atoms with E-state index in [9.17, 15) is 57.8 Å². The number of esters is 1. The molecule has 2 heterocycles. The summed E-state index contributed by atoms with van der Waals surface area (Å²) in [5.74, 6) is -9.58. The van der Waals surface area contributed by atoms with Gasteiger partial charge in [-0.3, -0.25) is 47.9 Å². The molecule has 22 nitrogen and oxygen atoms in total. The zero-order chi connectivity index (χ0) is 47.7. The summed E-state index contributed by atoms with van der Waals surface area (Å²) in [6, 6.07) is 1.61. The second kappa shape index (κ2) is 24.4. The molecule has 2 aliphatic heterocycles. The lowest BCUT2D eigenvalue weighted by atomic mass is 9.87. The molecule has 0 saturated carbocycles. The van der Waals surface area contributed by atoms with E-state index in [0.717, 1.165) is 10.5 Å². The van der Waals surface area contributed by atoms with Crippen molar-refractivity contribution in [1.29, 1.82) is 0 Å². The molecule has 0 bridgehead atoms. The van der Waals surface area contributed by atoms with Gasteiger partial charge in [-0.05, 0) is 78.7 Å². The summed E-state index contributed by atoms with van der Waals surface area (Å²) >= 11 is 0. The first kappa shape index (κ1) is 51.9. The third-order valence-electron chi connectivity index (χ3n) is 10.6. The Morgan fingerprint density at radius 2 is 1.44 bits per heavy atom. The Morgan fingerprint density at radius 1 is 0.797 bits per heavy atom. The number of nitrogens with two attached hydrogens (primary N) is 1. The monoisotopic (exact) mass is 899 g/mol. The Morgan fingerprint density at radius 3 is 2.09 bits per heavy atom. The second-order valence-electron chi connectivity index (χ2n) is 16.6. The molecule has 0 radical (unpaired) electrons. The van der Waals surface area contributed by atoms with Crippen molar-refractivity contribution < 1.29 is 62.6 Å². The van der Waals surface area contributed by atoms with E-state index in [-0.39, 0.29) is 38.6 Å². The number of ether oxygens (including phenoxy) is 1.